The average molecular weight is 279 g/mol. The molecule has 0 bridgehead atoms. The summed E-state index contributed by atoms with van der Waals surface area (Å²) in [4.78, 5) is 5.54. The molecule has 0 radical (unpaired) electrons. The first kappa shape index (κ1) is 14.8. The Morgan fingerprint density at radius 3 is 2.45 bits per heavy atom. The minimum atomic E-state index is 0.588. The van der Waals surface area contributed by atoms with Crippen molar-refractivity contribution in [2.24, 2.45) is 5.41 Å². The summed E-state index contributed by atoms with van der Waals surface area (Å²) in [5.74, 6) is 0. The number of nitrogens with one attached hydrogen (secondary N) is 1. The summed E-state index contributed by atoms with van der Waals surface area (Å²) in [5.41, 5.74) is 0.588. The van der Waals surface area contributed by atoms with Gasteiger partial charge in [0, 0.05) is 45.3 Å². The molecule has 20 heavy (non-hydrogen) atoms. The quantitative estimate of drug-likeness (QED) is 0.833. The Hall–Kier alpha value is -0.120. The highest BCUT2D eigenvalue weighted by Crippen LogP contribution is 2.33. The molecule has 2 saturated heterocycles. The molecule has 3 rings (SSSR count). The van der Waals surface area contributed by atoms with Crippen LogP contribution in [0.2, 0.25) is 0 Å². The largest absolute Gasteiger partial charge is 0.316 e. The zero-order valence-corrected chi connectivity index (χ0v) is 13.4. The summed E-state index contributed by atoms with van der Waals surface area (Å²) in [6, 6.07) is 0.926. The first-order valence-corrected chi connectivity index (χ1v) is 8.98. The molecule has 0 aromatic heterocycles. The fraction of sp³-hybridized carbons (Fsp3) is 1.00. The van der Waals surface area contributed by atoms with Crippen LogP contribution in [0.5, 0.6) is 0 Å². The molecule has 1 N–H and O–H groups in total. The van der Waals surface area contributed by atoms with Gasteiger partial charge in [-0.3, -0.25) is 4.90 Å². The van der Waals surface area contributed by atoms with Gasteiger partial charge in [-0.15, -0.1) is 0 Å². The minimum Gasteiger partial charge on any atom is -0.316 e. The van der Waals surface area contributed by atoms with E-state index in [-0.39, 0.29) is 0 Å². The van der Waals surface area contributed by atoms with E-state index in [0.29, 0.717) is 5.41 Å². The fourth-order valence-electron chi connectivity index (χ4n) is 4.78. The van der Waals surface area contributed by atoms with E-state index in [1.54, 1.807) is 0 Å². The van der Waals surface area contributed by atoms with Crippen LogP contribution < -0.4 is 5.32 Å². The Bertz CT molecular complexity index is 285. The van der Waals surface area contributed by atoms with Crippen LogP contribution in [0, 0.1) is 5.41 Å². The first-order chi connectivity index (χ1) is 9.81. The molecule has 0 aromatic carbocycles. The summed E-state index contributed by atoms with van der Waals surface area (Å²) in [6.45, 7) is 11.4. The Morgan fingerprint density at radius 1 is 1.10 bits per heavy atom. The maximum Gasteiger partial charge on any atom is 0.0113 e. The molecule has 2 heterocycles. The second-order valence-corrected chi connectivity index (χ2v) is 7.43. The average Bonchev–Trinajstić information content (AvgIpc) is 3.12. The van der Waals surface area contributed by atoms with Crippen LogP contribution in [0.25, 0.3) is 0 Å². The molecule has 0 aromatic rings. The van der Waals surface area contributed by atoms with Gasteiger partial charge in [-0.05, 0) is 37.6 Å². The zero-order valence-electron chi connectivity index (χ0n) is 13.4. The van der Waals surface area contributed by atoms with E-state index in [9.17, 15) is 0 Å². The van der Waals surface area contributed by atoms with Gasteiger partial charge in [0.2, 0.25) is 0 Å². The van der Waals surface area contributed by atoms with Crippen molar-refractivity contribution in [2.75, 3.05) is 45.8 Å². The van der Waals surface area contributed by atoms with Gasteiger partial charge in [0.05, 0.1) is 0 Å². The molecule has 1 aliphatic carbocycles. The van der Waals surface area contributed by atoms with Crippen LogP contribution >= 0.6 is 0 Å². The zero-order chi connectivity index (χ0) is 13.8. The van der Waals surface area contributed by atoms with Crippen molar-refractivity contribution >= 4 is 0 Å². The number of nitrogens with zero attached hydrogens (tertiary/aromatic N) is 2. The van der Waals surface area contributed by atoms with Gasteiger partial charge in [-0.1, -0.05) is 26.2 Å². The highest BCUT2D eigenvalue weighted by Gasteiger charge is 2.36. The van der Waals surface area contributed by atoms with Gasteiger partial charge < -0.3 is 10.2 Å². The van der Waals surface area contributed by atoms with Crippen molar-refractivity contribution in [1.82, 2.24) is 15.1 Å². The van der Waals surface area contributed by atoms with Crippen LogP contribution in [-0.2, 0) is 0 Å². The van der Waals surface area contributed by atoms with Gasteiger partial charge >= 0.3 is 0 Å². The maximum atomic E-state index is 3.60. The first-order valence-electron chi connectivity index (χ1n) is 8.98. The smallest absolute Gasteiger partial charge is 0.0113 e. The predicted octanol–water partition coefficient (Wildman–Crippen LogP) is 2.33. The topological polar surface area (TPSA) is 18.5 Å². The molecular weight excluding hydrogens is 246 g/mol. The summed E-state index contributed by atoms with van der Waals surface area (Å²) in [7, 11) is 0. The standard InChI is InChI=1S/C17H33N3/c1-2-7-17(8-9-18-14-17)15-19-10-12-20(13-11-19)16-5-3-4-6-16/h16,18H,2-15H2,1H3. The molecule has 2 aliphatic heterocycles. The third-order valence-corrected chi connectivity index (χ3v) is 5.92. The number of hydrogen-bond donors (Lipinski definition) is 1. The Morgan fingerprint density at radius 2 is 1.85 bits per heavy atom. The van der Waals surface area contributed by atoms with Crippen LogP contribution in [0.4, 0.5) is 0 Å². The number of piperazine rings is 1. The second kappa shape index (κ2) is 6.76. The normalized spacial score (nSPS) is 34.0. The van der Waals surface area contributed by atoms with E-state index in [1.807, 2.05) is 0 Å². The Labute approximate surface area is 125 Å². The lowest BCUT2D eigenvalue weighted by Crippen LogP contribution is -2.52. The molecule has 1 atom stereocenters. The molecule has 1 saturated carbocycles. The molecule has 3 heteroatoms. The summed E-state index contributed by atoms with van der Waals surface area (Å²) in [5, 5.41) is 3.60. The van der Waals surface area contributed by atoms with Crippen molar-refractivity contribution in [1.29, 1.82) is 0 Å². The molecule has 0 spiro atoms. The van der Waals surface area contributed by atoms with Crippen LogP contribution in [-0.4, -0.2) is 61.7 Å². The van der Waals surface area contributed by atoms with Gasteiger partial charge in [0.15, 0.2) is 0 Å². The highest BCUT2D eigenvalue weighted by molar-refractivity contribution is 4.92. The van der Waals surface area contributed by atoms with E-state index in [4.69, 9.17) is 0 Å². The lowest BCUT2D eigenvalue weighted by Gasteiger charge is -2.42. The fourth-order valence-corrected chi connectivity index (χ4v) is 4.78. The molecule has 0 amide bonds. The highest BCUT2D eigenvalue weighted by atomic mass is 15.3. The van der Waals surface area contributed by atoms with Crippen LogP contribution in [0.3, 0.4) is 0 Å². The Kier molecular flexibility index (Phi) is 5.00. The van der Waals surface area contributed by atoms with E-state index >= 15 is 0 Å². The second-order valence-electron chi connectivity index (χ2n) is 7.43. The van der Waals surface area contributed by atoms with E-state index < -0.39 is 0 Å². The third-order valence-electron chi connectivity index (χ3n) is 5.92. The molecule has 3 fully saturated rings. The van der Waals surface area contributed by atoms with Crippen molar-refractivity contribution in [3.63, 3.8) is 0 Å². The molecule has 1 unspecified atom stereocenters. The lowest BCUT2D eigenvalue weighted by molar-refractivity contribution is 0.0658. The van der Waals surface area contributed by atoms with E-state index in [1.165, 1.54) is 90.8 Å². The third kappa shape index (κ3) is 3.37. The van der Waals surface area contributed by atoms with Gasteiger partial charge in [0.1, 0.15) is 0 Å². The van der Waals surface area contributed by atoms with Gasteiger partial charge in [-0.25, -0.2) is 0 Å². The number of rotatable bonds is 5. The van der Waals surface area contributed by atoms with Crippen molar-refractivity contribution in [2.45, 2.75) is 57.9 Å². The van der Waals surface area contributed by atoms with Gasteiger partial charge in [0.25, 0.3) is 0 Å². The Balaban J connectivity index is 1.47. The summed E-state index contributed by atoms with van der Waals surface area (Å²) in [6.07, 6.45) is 10.00. The monoisotopic (exact) mass is 279 g/mol. The molecule has 3 aliphatic rings. The van der Waals surface area contributed by atoms with Crippen molar-refractivity contribution < 1.29 is 0 Å². The van der Waals surface area contributed by atoms with Crippen LogP contribution in [0.1, 0.15) is 51.9 Å². The van der Waals surface area contributed by atoms with Gasteiger partial charge in [-0.2, -0.15) is 0 Å². The maximum absolute atomic E-state index is 3.60. The minimum absolute atomic E-state index is 0.588. The predicted molar refractivity (Wildman–Crippen MR) is 85.1 cm³/mol. The molecule has 116 valence electrons. The number of hydrogen-bond acceptors (Lipinski definition) is 3. The van der Waals surface area contributed by atoms with Crippen molar-refractivity contribution in [3.05, 3.63) is 0 Å². The lowest BCUT2D eigenvalue weighted by atomic mass is 9.82. The summed E-state index contributed by atoms with van der Waals surface area (Å²) >= 11 is 0. The van der Waals surface area contributed by atoms with Crippen molar-refractivity contribution in [3.8, 4) is 0 Å². The van der Waals surface area contributed by atoms with Crippen LogP contribution in [0.15, 0.2) is 0 Å². The van der Waals surface area contributed by atoms with E-state index in [0.717, 1.165) is 6.04 Å². The van der Waals surface area contributed by atoms with E-state index in [2.05, 4.69) is 22.0 Å². The SMILES string of the molecule is CCCC1(CN2CCN(C3CCCC3)CC2)CCNC1. The molecular formula is C17H33N3. The molecule has 3 nitrogen and oxygen atoms in total. The summed E-state index contributed by atoms with van der Waals surface area (Å²) < 4.78 is 0.